The Balaban J connectivity index is 1.64. The molecule has 0 aromatic carbocycles. The molecule has 0 aliphatic heterocycles. The molecular weight excluding hydrogens is 284 g/mol. The molecule has 4 unspecified atom stereocenters. The molecule has 23 heavy (non-hydrogen) atoms. The molecule has 1 spiro atoms. The van der Waals surface area contributed by atoms with Crippen LogP contribution in [-0.2, 0) is 0 Å². The average Bonchev–Trinajstić information content (AvgIpc) is 3.15. The SMILES string of the molecule is C=C1/C(=C\C=C2/CCC[C@]3(C)[C@@H](C)CC4CC243)CC(O)CC1O. The Morgan fingerprint density at radius 3 is 2.78 bits per heavy atom. The van der Waals surface area contributed by atoms with Crippen molar-refractivity contribution in [2.24, 2.45) is 22.7 Å². The van der Waals surface area contributed by atoms with Gasteiger partial charge in [-0.05, 0) is 66.9 Å². The lowest BCUT2D eigenvalue weighted by molar-refractivity contribution is 0.0862. The average molecular weight is 314 g/mol. The maximum Gasteiger partial charge on any atom is 0.0811 e. The number of rotatable bonds is 1. The Labute approximate surface area is 140 Å². The van der Waals surface area contributed by atoms with E-state index in [1.165, 1.54) is 32.1 Å². The topological polar surface area (TPSA) is 40.5 Å². The van der Waals surface area contributed by atoms with Gasteiger partial charge in [0.05, 0.1) is 12.2 Å². The van der Waals surface area contributed by atoms with E-state index in [1.54, 1.807) is 5.57 Å². The summed E-state index contributed by atoms with van der Waals surface area (Å²) in [5, 5.41) is 19.9. The third kappa shape index (κ3) is 2.07. The maximum absolute atomic E-state index is 10.0. The van der Waals surface area contributed by atoms with E-state index in [0.717, 1.165) is 23.0 Å². The summed E-state index contributed by atoms with van der Waals surface area (Å²) in [6.07, 6.45) is 11.2. The molecule has 0 heterocycles. The molecule has 0 amide bonds. The van der Waals surface area contributed by atoms with Gasteiger partial charge >= 0.3 is 0 Å². The standard InChI is InChI=1S/C21H30O2/c1-13-9-17-12-21(17)16(5-4-8-20(13,21)3)7-6-15-10-18(22)11-19(23)14(15)2/h6-7,13,17-19,22-23H,2,4-5,8-12H2,1,3H3/b15-6-,16-7+/t13-,17?,18?,19?,20+,21?/m0/s1. The van der Waals surface area contributed by atoms with Crippen molar-refractivity contribution < 1.29 is 10.2 Å². The number of aliphatic hydroxyl groups excluding tert-OH is 2. The van der Waals surface area contributed by atoms with Crippen LogP contribution in [0.4, 0.5) is 0 Å². The zero-order valence-electron chi connectivity index (χ0n) is 14.5. The fourth-order valence-electron chi connectivity index (χ4n) is 6.23. The monoisotopic (exact) mass is 314 g/mol. The summed E-state index contributed by atoms with van der Waals surface area (Å²) in [5.74, 6) is 1.74. The summed E-state index contributed by atoms with van der Waals surface area (Å²) >= 11 is 0. The van der Waals surface area contributed by atoms with Crippen molar-refractivity contribution in [2.75, 3.05) is 0 Å². The van der Waals surface area contributed by atoms with Gasteiger partial charge in [0.2, 0.25) is 0 Å². The quantitative estimate of drug-likeness (QED) is 0.763. The Morgan fingerprint density at radius 1 is 1.22 bits per heavy atom. The second-order valence-corrected chi connectivity index (χ2v) is 8.80. The molecule has 4 saturated carbocycles. The molecule has 126 valence electrons. The van der Waals surface area contributed by atoms with Crippen molar-refractivity contribution in [3.8, 4) is 0 Å². The van der Waals surface area contributed by atoms with Gasteiger partial charge in [0.1, 0.15) is 0 Å². The number of allylic oxidation sites excluding steroid dienone is 3. The lowest BCUT2D eigenvalue weighted by atomic mass is 9.60. The first kappa shape index (κ1) is 15.7. The summed E-state index contributed by atoms with van der Waals surface area (Å²) in [7, 11) is 0. The summed E-state index contributed by atoms with van der Waals surface area (Å²) in [5.41, 5.74) is 4.43. The zero-order valence-corrected chi connectivity index (χ0v) is 14.5. The van der Waals surface area contributed by atoms with Crippen molar-refractivity contribution in [1.29, 1.82) is 0 Å². The van der Waals surface area contributed by atoms with E-state index in [1.807, 2.05) is 0 Å². The normalized spacial score (nSPS) is 52.6. The molecule has 0 bridgehead atoms. The molecule has 4 fully saturated rings. The second kappa shape index (κ2) is 5.07. The molecular formula is C21H30O2. The molecule has 0 aromatic rings. The zero-order chi connectivity index (χ0) is 16.4. The van der Waals surface area contributed by atoms with Crippen LogP contribution in [0.15, 0.2) is 35.5 Å². The molecule has 2 nitrogen and oxygen atoms in total. The minimum Gasteiger partial charge on any atom is -0.393 e. The molecule has 4 rings (SSSR count). The van der Waals surface area contributed by atoms with E-state index in [4.69, 9.17) is 0 Å². The van der Waals surface area contributed by atoms with Crippen molar-refractivity contribution in [2.45, 2.75) is 71.0 Å². The fourth-order valence-corrected chi connectivity index (χ4v) is 6.23. The molecule has 6 atom stereocenters. The van der Waals surface area contributed by atoms with Crippen LogP contribution in [0, 0.1) is 22.7 Å². The van der Waals surface area contributed by atoms with E-state index >= 15 is 0 Å². The van der Waals surface area contributed by atoms with Gasteiger partial charge in [-0.2, -0.15) is 0 Å². The molecule has 0 saturated heterocycles. The van der Waals surface area contributed by atoms with Gasteiger partial charge in [0.15, 0.2) is 0 Å². The predicted molar refractivity (Wildman–Crippen MR) is 92.8 cm³/mol. The van der Waals surface area contributed by atoms with Crippen molar-refractivity contribution >= 4 is 0 Å². The highest BCUT2D eigenvalue weighted by atomic mass is 16.3. The molecule has 2 N–H and O–H groups in total. The maximum atomic E-state index is 10.0. The highest BCUT2D eigenvalue weighted by Crippen LogP contribution is 2.80. The lowest BCUT2D eigenvalue weighted by Crippen LogP contribution is -2.36. The summed E-state index contributed by atoms with van der Waals surface area (Å²) in [4.78, 5) is 0. The molecule has 2 heteroatoms. The first-order valence-electron chi connectivity index (χ1n) is 9.34. The smallest absolute Gasteiger partial charge is 0.0811 e. The van der Waals surface area contributed by atoms with Crippen LogP contribution in [0.2, 0.25) is 0 Å². The number of aliphatic hydroxyl groups is 2. The Kier molecular flexibility index (Phi) is 3.45. The minimum absolute atomic E-state index is 0.425. The van der Waals surface area contributed by atoms with Gasteiger partial charge in [-0.25, -0.2) is 0 Å². The van der Waals surface area contributed by atoms with E-state index in [2.05, 4.69) is 32.6 Å². The molecule has 0 radical (unpaired) electrons. The van der Waals surface area contributed by atoms with Crippen LogP contribution in [0.3, 0.4) is 0 Å². The van der Waals surface area contributed by atoms with Gasteiger partial charge < -0.3 is 10.2 Å². The second-order valence-electron chi connectivity index (χ2n) is 8.80. The largest absolute Gasteiger partial charge is 0.393 e. The summed E-state index contributed by atoms with van der Waals surface area (Å²) < 4.78 is 0. The van der Waals surface area contributed by atoms with Crippen LogP contribution >= 0.6 is 0 Å². The Hall–Kier alpha value is -0.860. The first-order valence-corrected chi connectivity index (χ1v) is 9.34. The van der Waals surface area contributed by atoms with E-state index in [-0.39, 0.29) is 0 Å². The van der Waals surface area contributed by atoms with Gasteiger partial charge in [-0.1, -0.05) is 38.2 Å². The van der Waals surface area contributed by atoms with Crippen LogP contribution in [0.25, 0.3) is 0 Å². The van der Waals surface area contributed by atoms with Crippen molar-refractivity contribution in [3.63, 3.8) is 0 Å². The van der Waals surface area contributed by atoms with Crippen LogP contribution in [-0.4, -0.2) is 22.4 Å². The van der Waals surface area contributed by atoms with Crippen molar-refractivity contribution in [3.05, 3.63) is 35.5 Å². The van der Waals surface area contributed by atoms with Crippen LogP contribution < -0.4 is 0 Å². The van der Waals surface area contributed by atoms with E-state index in [9.17, 15) is 10.2 Å². The van der Waals surface area contributed by atoms with E-state index in [0.29, 0.717) is 23.7 Å². The summed E-state index contributed by atoms with van der Waals surface area (Å²) in [6, 6.07) is 0. The van der Waals surface area contributed by atoms with Gasteiger partial charge in [0, 0.05) is 11.8 Å². The van der Waals surface area contributed by atoms with Gasteiger partial charge in [-0.3, -0.25) is 0 Å². The fraction of sp³-hybridized carbons (Fsp3) is 0.714. The highest BCUT2D eigenvalue weighted by molar-refractivity contribution is 5.42. The molecule has 0 aromatic heterocycles. The van der Waals surface area contributed by atoms with Gasteiger partial charge in [-0.15, -0.1) is 0 Å². The third-order valence-corrected chi connectivity index (χ3v) is 7.82. The third-order valence-electron chi connectivity index (χ3n) is 7.82. The predicted octanol–water partition coefficient (Wildman–Crippen LogP) is 4.15. The molecule has 4 aliphatic carbocycles. The summed E-state index contributed by atoms with van der Waals surface area (Å²) in [6.45, 7) is 9.01. The number of hydrogen-bond acceptors (Lipinski definition) is 2. The van der Waals surface area contributed by atoms with Crippen LogP contribution in [0.5, 0.6) is 0 Å². The minimum atomic E-state index is -0.585. The van der Waals surface area contributed by atoms with E-state index < -0.39 is 12.2 Å². The highest BCUT2D eigenvalue weighted by Gasteiger charge is 2.72. The Bertz CT molecular complexity index is 601. The van der Waals surface area contributed by atoms with Crippen LogP contribution in [0.1, 0.15) is 58.8 Å². The lowest BCUT2D eigenvalue weighted by Gasteiger charge is -2.45. The van der Waals surface area contributed by atoms with Crippen molar-refractivity contribution in [1.82, 2.24) is 0 Å². The molecule has 4 aliphatic rings. The van der Waals surface area contributed by atoms with Gasteiger partial charge in [0.25, 0.3) is 0 Å². The number of hydrogen-bond donors (Lipinski definition) is 2. The Morgan fingerprint density at radius 2 is 2.00 bits per heavy atom. The first-order chi connectivity index (χ1) is 10.9.